The molecule has 0 bridgehead atoms. The van der Waals surface area contributed by atoms with Crippen molar-refractivity contribution in [3.05, 3.63) is 12.2 Å². The van der Waals surface area contributed by atoms with Gasteiger partial charge >= 0.3 is 5.97 Å². The quantitative estimate of drug-likeness (QED) is 0.0321. The molecule has 1 amide bonds. The molecule has 0 saturated carbocycles. The molecule has 0 saturated heterocycles. The van der Waals surface area contributed by atoms with E-state index in [1.165, 1.54) is 283 Å². The summed E-state index contributed by atoms with van der Waals surface area (Å²) < 4.78 is 5.48. The molecule has 0 spiro atoms. The van der Waals surface area contributed by atoms with Gasteiger partial charge in [0, 0.05) is 12.8 Å². The lowest BCUT2D eigenvalue weighted by Gasteiger charge is -2.20. The number of hydrogen-bond donors (Lipinski definition) is 3. The summed E-state index contributed by atoms with van der Waals surface area (Å²) in [6.07, 6.45) is 69.7. The number of rotatable bonds is 58. The standard InChI is InChI=1S/C62H121NO5/c1-3-5-7-9-11-13-15-31-36-40-44-48-52-56-62(67)68-57-53-49-45-41-37-33-30-28-26-24-22-20-18-17-19-21-23-25-27-29-32-35-39-43-47-51-55-61(66)63-59(58-64)60(65)54-50-46-42-38-34-16-14-12-10-8-6-4-2/h50,54,59-60,64-65H,3-49,51-53,55-58H2,1-2H3,(H,63,66)/b54-50+. The molecule has 2 unspecified atom stereocenters. The van der Waals surface area contributed by atoms with Crippen molar-refractivity contribution in [1.82, 2.24) is 5.32 Å². The molecule has 6 nitrogen and oxygen atoms in total. The predicted octanol–water partition coefficient (Wildman–Crippen LogP) is 19.2. The van der Waals surface area contributed by atoms with E-state index in [0.717, 1.165) is 38.5 Å². The van der Waals surface area contributed by atoms with E-state index in [0.29, 0.717) is 19.4 Å². The van der Waals surface area contributed by atoms with E-state index in [1.807, 2.05) is 6.08 Å². The second-order valence-electron chi connectivity index (χ2n) is 21.4. The minimum absolute atomic E-state index is 0.0188. The minimum atomic E-state index is -0.841. The van der Waals surface area contributed by atoms with Gasteiger partial charge in [-0.25, -0.2) is 0 Å². The lowest BCUT2D eigenvalue weighted by Crippen LogP contribution is -2.45. The molecule has 0 aliphatic rings. The number of hydrogen-bond acceptors (Lipinski definition) is 5. The largest absolute Gasteiger partial charge is 0.466 e. The summed E-state index contributed by atoms with van der Waals surface area (Å²) in [4.78, 5) is 24.5. The normalized spacial score (nSPS) is 12.6. The average Bonchev–Trinajstić information content (AvgIpc) is 3.34. The molecular weight excluding hydrogens is 839 g/mol. The third kappa shape index (κ3) is 53.9. The molecule has 0 rings (SSSR count). The zero-order valence-corrected chi connectivity index (χ0v) is 46.1. The molecule has 0 radical (unpaired) electrons. The van der Waals surface area contributed by atoms with E-state index < -0.39 is 12.1 Å². The molecule has 3 N–H and O–H groups in total. The van der Waals surface area contributed by atoms with E-state index in [1.54, 1.807) is 6.08 Å². The Kier molecular flexibility index (Phi) is 57.0. The number of nitrogens with one attached hydrogen (secondary N) is 1. The van der Waals surface area contributed by atoms with Gasteiger partial charge in [0.25, 0.3) is 0 Å². The van der Waals surface area contributed by atoms with Gasteiger partial charge in [-0.15, -0.1) is 0 Å². The molecule has 2 atom stereocenters. The number of unbranched alkanes of at least 4 members (excludes halogenated alkanes) is 47. The summed E-state index contributed by atoms with van der Waals surface area (Å²) >= 11 is 0. The summed E-state index contributed by atoms with van der Waals surface area (Å²) in [5.74, 6) is -0.0460. The second-order valence-corrected chi connectivity index (χ2v) is 21.4. The van der Waals surface area contributed by atoms with Crippen molar-refractivity contribution >= 4 is 11.9 Å². The van der Waals surface area contributed by atoms with Crippen LogP contribution in [0.5, 0.6) is 0 Å². The van der Waals surface area contributed by atoms with Crippen LogP contribution in [0, 0.1) is 0 Å². The van der Waals surface area contributed by atoms with Crippen LogP contribution in [0.2, 0.25) is 0 Å². The number of aliphatic hydroxyl groups excluding tert-OH is 2. The van der Waals surface area contributed by atoms with E-state index in [4.69, 9.17) is 4.74 Å². The van der Waals surface area contributed by atoms with Gasteiger partial charge in [-0.1, -0.05) is 315 Å². The highest BCUT2D eigenvalue weighted by Gasteiger charge is 2.18. The lowest BCUT2D eigenvalue weighted by molar-refractivity contribution is -0.143. The Labute approximate surface area is 425 Å². The monoisotopic (exact) mass is 960 g/mol. The first kappa shape index (κ1) is 66.6. The summed E-state index contributed by atoms with van der Waals surface area (Å²) in [5, 5.41) is 23.1. The van der Waals surface area contributed by atoms with Crippen LogP contribution in [0.15, 0.2) is 12.2 Å². The van der Waals surface area contributed by atoms with Crippen molar-refractivity contribution in [3.63, 3.8) is 0 Å². The van der Waals surface area contributed by atoms with E-state index in [9.17, 15) is 19.8 Å². The fraction of sp³-hybridized carbons (Fsp3) is 0.935. The second kappa shape index (κ2) is 58.2. The number of carbonyl (C=O) groups is 2. The molecule has 0 fully saturated rings. The van der Waals surface area contributed by atoms with Crippen LogP contribution >= 0.6 is 0 Å². The maximum absolute atomic E-state index is 12.4. The van der Waals surface area contributed by atoms with Gasteiger partial charge in [0.15, 0.2) is 0 Å². The first-order chi connectivity index (χ1) is 33.5. The number of carbonyl (C=O) groups excluding carboxylic acids is 2. The molecule has 0 aromatic rings. The van der Waals surface area contributed by atoms with Crippen LogP contribution in [0.3, 0.4) is 0 Å². The maximum Gasteiger partial charge on any atom is 0.305 e. The van der Waals surface area contributed by atoms with Crippen LogP contribution in [0.25, 0.3) is 0 Å². The Morgan fingerprint density at radius 1 is 0.397 bits per heavy atom. The van der Waals surface area contributed by atoms with Crippen LogP contribution < -0.4 is 5.32 Å². The lowest BCUT2D eigenvalue weighted by atomic mass is 10.0. The molecular formula is C62H121NO5. The molecule has 0 heterocycles. The maximum atomic E-state index is 12.4. The Morgan fingerprint density at radius 3 is 1.00 bits per heavy atom. The third-order valence-corrected chi connectivity index (χ3v) is 14.6. The van der Waals surface area contributed by atoms with Gasteiger partial charge < -0.3 is 20.3 Å². The Bertz CT molecular complexity index is 1020. The molecule has 404 valence electrons. The number of esters is 1. The van der Waals surface area contributed by atoms with Gasteiger partial charge in [0.05, 0.1) is 25.4 Å². The fourth-order valence-electron chi connectivity index (χ4n) is 9.81. The van der Waals surface area contributed by atoms with E-state index in [-0.39, 0.29) is 18.5 Å². The summed E-state index contributed by atoms with van der Waals surface area (Å²) in [6.45, 7) is 4.92. The van der Waals surface area contributed by atoms with Crippen molar-refractivity contribution in [3.8, 4) is 0 Å². The van der Waals surface area contributed by atoms with Gasteiger partial charge in [0.2, 0.25) is 5.91 Å². The third-order valence-electron chi connectivity index (χ3n) is 14.6. The molecule has 0 aliphatic carbocycles. The molecule has 6 heteroatoms. The van der Waals surface area contributed by atoms with Crippen molar-refractivity contribution in [2.75, 3.05) is 13.2 Å². The van der Waals surface area contributed by atoms with Gasteiger partial charge in [0.1, 0.15) is 0 Å². The fourth-order valence-corrected chi connectivity index (χ4v) is 9.81. The van der Waals surface area contributed by atoms with Crippen molar-refractivity contribution in [1.29, 1.82) is 0 Å². The highest BCUT2D eigenvalue weighted by atomic mass is 16.5. The number of aliphatic hydroxyl groups is 2. The van der Waals surface area contributed by atoms with Crippen LogP contribution in [-0.4, -0.2) is 47.4 Å². The number of allylic oxidation sites excluding steroid dienone is 1. The van der Waals surface area contributed by atoms with Crippen molar-refractivity contribution in [2.45, 2.75) is 360 Å². The highest BCUT2D eigenvalue weighted by molar-refractivity contribution is 5.76. The summed E-state index contributed by atoms with van der Waals surface area (Å²) in [5.41, 5.74) is 0. The van der Waals surface area contributed by atoms with Crippen molar-refractivity contribution < 1.29 is 24.5 Å². The summed E-state index contributed by atoms with van der Waals surface area (Å²) in [6, 6.07) is -0.624. The van der Waals surface area contributed by atoms with Crippen LogP contribution in [0.4, 0.5) is 0 Å². The van der Waals surface area contributed by atoms with E-state index in [2.05, 4.69) is 19.2 Å². The van der Waals surface area contributed by atoms with Gasteiger partial charge in [-0.3, -0.25) is 9.59 Å². The first-order valence-corrected chi connectivity index (χ1v) is 31.0. The Hall–Kier alpha value is -1.40. The molecule has 68 heavy (non-hydrogen) atoms. The number of amides is 1. The SMILES string of the molecule is CCCCCCCCCCCC/C=C/C(O)C(CO)NC(=O)CCCCCCCCCCCCCCCCCCCCCCCCCCCCOC(=O)CCCCCCCCCCCCCCC. The topological polar surface area (TPSA) is 95.9 Å². The minimum Gasteiger partial charge on any atom is -0.466 e. The van der Waals surface area contributed by atoms with Gasteiger partial charge in [-0.05, 0) is 32.1 Å². The van der Waals surface area contributed by atoms with Crippen LogP contribution in [0.1, 0.15) is 348 Å². The highest BCUT2D eigenvalue weighted by Crippen LogP contribution is 2.18. The zero-order chi connectivity index (χ0) is 49.3. The zero-order valence-electron chi connectivity index (χ0n) is 46.1. The van der Waals surface area contributed by atoms with Crippen molar-refractivity contribution in [2.24, 2.45) is 0 Å². The predicted molar refractivity (Wildman–Crippen MR) is 297 cm³/mol. The van der Waals surface area contributed by atoms with E-state index >= 15 is 0 Å². The Morgan fingerprint density at radius 2 is 0.676 bits per heavy atom. The first-order valence-electron chi connectivity index (χ1n) is 31.0. The smallest absolute Gasteiger partial charge is 0.305 e. The van der Waals surface area contributed by atoms with Crippen LogP contribution in [-0.2, 0) is 14.3 Å². The molecule has 0 aromatic carbocycles. The average molecular weight is 961 g/mol. The summed E-state index contributed by atoms with van der Waals surface area (Å²) in [7, 11) is 0. The number of ether oxygens (including phenoxy) is 1. The molecule has 0 aliphatic heterocycles. The Balaban J connectivity index is 3.34. The van der Waals surface area contributed by atoms with Gasteiger partial charge in [-0.2, -0.15) is 0 Å². The molecule has 0 aromatic heterocycles.